The molecule has 49 valence electrons. The van der Waals surface area contributed by atoms with E-state index >= 15 is 0 Å². The summed E-state index contributed by atoms with van der Waals surface area (Å²) < 4.78 is 10.6. The van der Waals surface area contributed by atoms with Crippen molar-refractivity contribution in [1.29, 1.82) is 0 Å². The van der Waals surface area contributed by atoms with Crippen LogP contribution in [0.1, 0.15) is 0 Å². The summed E-state index contributed by atoms with van der Waals surface area (Å²) in [5.74, 6) is 0. The highest BCUT2D eigenvalue weighted by molar-refractivity contribution is 5.49. The summed E-state index contributed by atoms with van der Waals surface area (Å²) in [5.41, 5.74) is 0.917. The normalized spacial score (nSPS) is 41.6. The number of rotatable bonds is 0. The van der Waals surface area contributed by atoms with E-state index in [2.05, 4.69) is 6.58 Å². The highest BCUT2D eigenvalue weighted by Gasteiger charge is 2.51. The predicted octanol–water partition coefficient (Wildman–Crippen LogP) is 0.546. The Balaban J connectivity index is 2.04. The molecule has 1 aliphatic heterocycles. The summed E-state index contributed by atoms with van der Waals surface area (Å²) >= 11 is 0. The van der Waals surface area contributed by atoms with E-state index in [0.29, 0.717) is 13.2 Å². The van der Waals surface area contributed by atoms with Gasteiger partial charge >= 0.3 is 0 Å². The van der Waals surface area contributed by atoms with Crippen LogP contribution >= 0.6 is 0 Å². The van der Waals surface area contributed by atoms with Crippen LogP contribution in [0.3, 0.4) is 0 Å². The molecule has 1 saturated carbocycles. The topological polar surface area (TPSA) is 18.5 Å². The van der Waals surface area contributed by atoms with Gasteiger partial charge in [0.25, 0.3) is 0 Å². The molecule has 1 saturated heterocycles. The molecule has 2 aliphatic rings. The van der Waals surface area contributed by atoms with Gasteiger partial charge in [0.1, 0.15) is 5.60 Å². The molecule has 1 atom stereocenters. The average Bonchev–Trinajstić information content (AvgIpc) is 2.44. The number of ether oxygens (including phenoxy) is 2. The van der Waals surface area contributed by atoms with Gasteiger partial charge in [0.15, 0.2) is 0 Å². The van der Waals surface area contributed by atoms with Gasteiger partial charge in [-0.25, -0.2) is 0 Å². The molecular weight excluding hydrogens is 116 g/mol. The SMILES string of the molecule is C=C1[CH]C12COCCO2. The molecule has 1 heterocycles. The van der Waals surface area contributed by atoms with E-state index in [1.807, 2.05) is 6.42 Å². The maximum atomic E-state index is 5.41. The van der Waals surface area contributed by atoms with E-state index in [1.54, 1.807) is 0 Å². The van der Waals surface area contributed by atoms with Gasteiger partial charge in [0.2, 0.25) is 0 Å². The van der Waals surface area contributed by atoms with E-state index < -0.39 is 0 Å². The highest BCUT2D eigenvalue weighted by Crippen LogP contribution is 2.44. The van der Waals surface area contributed by atoms with Gasteiger partial charge in [-0.05, 0) is 5.57 Å². The van der Waals surface area contributed by atoms with E-state index in [9.17, 15) is 0 Å². The molecular formula is C7H9O2. The first-order valence-corrected chi connectivity index (χ1v) is 3.10. The van der Waals surface area contributed by atoms with Crippen LogP contribution in [0.2, 0.25) is 0 Å². The summed E-state index contributed by atoms with van der Waals surface area (Å²) in [6.45, 7) is 5.88. The monoisotopic (exact) mass is 125 g/mol. The summed E-state index contributed by atoms with van der Waals surface area (Å²) in [4.78, 5) is 0. The zero-order chi connectivity index (χ0) is 6.32. The molecule has 1 unspecified atom stereocenters. The molecule has 1 spiro atoms. The van der Waals surface area contributed by atoms with Gasteiger partial charge in [-0.2, -0.15) is 0 Å². The quantitative estimate of drug-likeness (QED) is 0.470. The van der Waals surface area contributed by atoms with Crippen molar-refractivity contribution in [3.8, 4) is 0 Å². The van der Waals surface area contributed by atoms with Crippen LogP contribution in [0.25, 0.3) is 0 Å². The Morgan fingerprint density at radius 3 is 2.67 bits per heavy atom. The number of hydrogen-bond donors (Lipinski definition) is 0. The molecule has 2 nitrogen and oxygen atoms in total. The van der Waals surface area contributed by atoms with Crippen LogP contribution in [0.5, 0.6) is 0 Å². The first-order valence-electron chi connectivity index (χ1n) is 3.10. The first kappa shape index (κ1) is 5.45. The fourth-order valence-corrected chi connectivity index (χ4v) is 1.06. The van der Waals surface area contributed by atoms with E-state index in [4.69, 9.17) is 9.47 Å². The molecule has 0 aromatic carbocycles. The van der Waals surface area contributed by atoms with Crippen molar-refractivity contribution in [1.82, 2.24) is 0 Å². The van der Waals surface area contributed by atoms with Gasteiger partial charge in [0.05, 0.1) is 19.8 Å². The van der Waals surface area contributed by atoms with Gasteiger partial charge in [-0.3, -0.25) is 0 Å². The Labute approximate surface area is 54.5 Å². The van der Waals surface area contributed by atoms with E-state index in [1.165, 1.54) is 0 Å². The van der Waals surface area contributed by atoms with E-state index in [-0.39, 0.29) is 5.60 Å². The third-order valence-electron chi connectivity index (χ3n) is 1.77. The van der Waals surface area contributed by atoms with Crippen molar-refractivity contribution >= 4 is 0 Å². The molecule has 0 aromatic heterocycles. The molecule has 1 radical (unpaired) electrons. The van der Waals surface area contributed by atoms with E-state index in [0.717, 1.165) is 12.2 Å². The lowest BCUT2D eigenvalue weighted by Gasteiger charge is -2.21. The van der Waals surface area contributed by atoms with Crippen LogP contribution < -0.4 is 0 Å². The summed E-state index contributed by atoms with van der Waals surface area (Å²) in [6, 6.07) is 0. The Hall–Kier alpha value is -0.340. The lowest BCUT2D eigenvalue weighted by atomic mass is 10.3. The van der Waals surface area contributed by atoms with Gasteiger partial charge in [-0.1, -0.05) is 6.58 Å². The third-order valence-corrected chi connectivity index (χ3v) is 1.77. The second-order valence-corrected chi connectivity index (χ2v) is 2.46. The smallest absolute Gasteiger partial charge is 0.120 e. The molecule has 2 heteroatoms. The Bertz CT molecular complexity index is 145. The van der Waals surface area contributed by atoms with Crippen molar-refractivity contribution in [2.24, 2.45) is 0 Å². The molecule has 9 heavy (non-hydrogen) atoms. The van der Waals surface area contributed by atoms with Gasteiger partial charge in [-0.15, -0.1) is 0 Å². The molecule has 0 amide bonds. The van der Waals surface area contributed by atoms with Crippen LogP contribution in [-0.4, -0.2) is 25.4 Å². The summed E-state index contributed by atoms with van der Waals surface area (Å²) in [6.07, 6.45) is 2.01. The molecule has 0 N–H and O–H groups in total. The molecule has 0 bridgehead atoms. The third kappa shape index (κ3) is 0.705. The van der Waals surface area contributed by atoms with Crippen molar-refractivity contribution in [3.63, 3.8) is 0 Å². The van der Waals surface area contributed by atoms with Crippen molar-refractivity contribution in [2.45, 2.75) is 5.60 Å². The minimum atomic E-state index is -0.155. The Kier molecular flexibility index (Phi) is 0.957. The van der Waals surface area contributed by atoms with Gasteiger partial charge < -0.3 is 9.47 Å². The van der Waals surface area contributed by atoms with Crippen LogP contribution in [-0.2, 0) is 9.47 Å². The average molecular weight is 125 g/mol. The minimum Gasteiger partial charge on any atom is -0.376 e. The maximum absolute atomic E-state index is 5.41. The highest BCUT2D eigenvalue weighted by atomic mass is 16.6. The van der Waals surface area contributed by atoms with Crippen molar-refractivity contribution in [3.05, 3.63) is 18.6 Å². The Morgan fingerprint density at radius 2 is 2.33 bits per heavy atom. The zero-order valence-electron chi connectivity index (χ0n) is 5.22. The lowest BCUT2D eigenvalue weighted by molar-refractivity contribution is -0.0889. The van der Waals surface area contributed by atoms with Crippen LogP contribution in [0.15, 0.2) is 12.2 Å². The summed E-state index contributed by atoms with van der Waals surface area (Å²) in [7, 11) is 0. The lowest BCUT2D eigenvalue weighted by Crippen LogP contribution is -2.30. The molecule has 1 aliphatic carbocycles. The van der Waals surface area contributed by atoms with Crippen LogP contribution in [0.4, 0.5) is 0 Å². The fourth-order valence-electron chi connectivity index (χ4n) is 1.06. The largest absolute Gasteiger partial charge is 0.376 e. The van der Waals surface area contributed by atoms with Crippen molar-refractivity contribution < 1.29 is 9.47 Å². The van der Waals surface area contributed by atoms with Crippen molar-refractivity contribution in [2.75, 3.05) is 19.8 Å². The summed E-state index contributed by atoms with van der Waals surface area (Å²) in [5, 5.41) is 0. The minimum absolute atomic E-state index is 0.155. The maximum Gasteiger partial charge on any atom is 0.120 e. The molecule has 2 rings (SSSR count). The second kappa shape index (κ2) is 1.58. The number of hydrogen-bond acceptors (Lipinski definition) is 2. The van der Waals surface area contributed by atoms with Gasteiger partial charge in [0, 0.05) is 6.42 Å². The standard InChI is InChI=1S/C7H9O2/c1-6-4-7(6)5-8-2-3-9-7/h4H,1-3,5H2. The van der Waals surface area contributed by atoms with Crippen LogP contribution in [0, 0.1) is 6.42 Å². The molecule has 2 fully saturated rings. The zero-order valence-corrected chi connectivity index (χ0v) is 5.22. The second-order valence-electron chi connectivity index (χ2n) is 2.46. The Morgan fingerprint density at radius 1 is 1.56 bits per heavy atom. The first-order chi connectivity index (χ1) is 4.33. The molecule has 0 aromatic rings. The predicted molar refractivity (Wildman–Crippen MR) is 32.9 cm³/mol. The fraction of sp³-hybridized carbons (Fsp3) is 0.571.